The molecule has 0 bridgehead atoms. The van der Waals surface area contributed by atoms with Crippen LogP contribution in [0.25, 0.3) is 0 Å². The maximum Gasteiger partial charge on any atom is 0.238 e. The number of benzene rings is 1. The Labute approximate surface area is 164 Å². The van der Waals surface area contributed by atoms with Crippen molar-refractivity contribution in [2.45, 2.75) is 12.8 Å². The van der Waals surface area contributed by atoms with Gasteiger partial charge in [-0.25, -0.2) is 4.98 Å². The third-order valence-corrected chi connectivity index (χ3v) is 3.70. The van der Waals surface area contributed by atoms with Crippen LogP contribution in [0, 0.1) is 5.92 Å². The molecule has 0 atom stereocenters. The van der Waals surface area contributed by atoms with E-state index in [0.717, 1.165) is 18.2 Å². The molecule has 0 spiro atoms. The van der Waals surface area contributed by atoms with Gasteiger partial charge in [-0.2, -0.15) is 0 Å². The van der Waals surface area contributed by atoms with Crippen molar-refractivity contribution in [2.75, 3.05) is 18.4 Å². The molecule has 3 rings (SSSR count). The minimum atomic E-state index is -0.0429. The molecule has 25 heavy (non-hydrogen) atoms. The molecule has 1 saturated carbocycles. The van der Waals surface area contributed by atoms with Crippen LogP contribution in [0.3, 0.4) is 0 Å². The largest absolute Gasteiger partial charge is 0.439 e. The van der Waals surface area contributed by atoms with Crippen molar-refractivity contribution in [3.8, 4) is 11.6 Å². The topological polar surface area (TPSA) is 63.2 Å². The van der Waals surface area contributed by atoms with Gasteiger partial charge in [0.1, 0.15) is 5.75 Å². The standard InChI is InChI=1S/C17H18ClN3O2.2ClH/c18-13-3-8-17(20-10-13)23-15-6-4-14(5-7-15)21-16(22)11-19-9-12-1-2-12;;/h3-8,10,12,19H,1-2,9,11H2,(H,21,22);2*1H. The van der Waals surface area contributed by atoms with Gasteiger partial charge in [0.05, 0.1) is 11.6 Å². The van der Waals surface area contributed by atoms with Gasteiger partial charge in [-0.05, 0) is 55.6 Å². The summed E-state index contributed by atoms with van der Waals surface area (Å²) in [5.74, 6) is 1.83. The summed E-state index contributed by atoms with van der Waals surface area (Å²) in [5.41, 5.74) is 0.736. The third kappa shape index (κ3) is 7.48. The SMILES string of the molecule is Cl.Cl.O=C(CNCC1CC1)Nc1ccc(Oc2ccc(Cl)cn2)cc1. The fourth-order valence-corrected chi connectivity index (χ4v) is 2.18. The lowest BCUT2D eigenvalue weighted by atomic mass is 10.3. The zero-order valence-corrected chi connectivity index (χ0v) is 15.8. The average molecular weight is 405 g/mol. The van der Waals surface area contributed by atoms with Crippen LogP contribution in [0.15, 0.2) is 42.6 Å². The number of anilines is 1. The first kappa shape index (κ1) is 21.5. The summed E-state index contributed by atoms with van der Waals surface area (Å²) in [7, 11) is 0. The first-order chi connectivity index (χ1) is 11.2. The van der Waals surface area contributed by atoms with E-state index in [-0.39, 0.29) is 30.7 Å². The van der Waals surface area contributed by atoms with E-state index in [2.05, 4.69) is 15.6 Å². The summed E-state index contributed by atoms with van der Waals surface area (Å²) in [6, 6.07) is 10.6. The van der Waals surface area contributed by atoms with E-state index in [4.69, 9.17) is 16.3 Å². The number of rotatable bonds is 7. The Morgan fingerprint density at radius 2 is 1.88 bits per heavy atom. The Hall–Kier alpha value is -1.53. The van der Waals surface area contributed by atoms with Crippen molar-refractivity contribution in [3.63, 3.8) is 0 Å². The number of ether oxygens (including phenoxy) is 1. The molecule has 1 aliphatic carbocycles. The third-order valence-electron chi connectivity index (χ3n) is 3.48. The monoisotopic (exact) mass is 403 g/mol. The summed E-state index contributed by atoms with van der Waals surface area (Å²) >= 11 is 5.78. The predicted molar refractivity (Wildman–Crippen MR) is 104 cm³/mol. The number of carbonyl (C=O) groups excluding carboxylic acids is 1. The van der Waals surface area contributed by atoms with Crippen molar-refractivity contribution in [1.29, 1.82) is 0 Å². The van der Waals surface area contributed by atoms with Gasteiger partial charge in [0.2, 0.25) is 11.8 Å². The van der Waals surface area contributed by atoms with E-state index < -0.39 is 0 Å². The fourth-order valence-electron chi connectivity index (χ4n) is 2.07. The number of hydrogen-bond donors (Lipinski definition) is 2. The molecule has 0 radical (unpaired) electrons. The zero-order chi connectivity index (χ0) is 16.1. The average Bonchev–Trinajstić information content (AvgIpc) is 3.36. The molecule has 0 saturated heterocycles. The van der Waals surface area contributed by atoms with Crippen LogP contribution in [-0.4, -0.2) is 24.0 Å². The first-order valence-electron chi connectivity index (χ1n) is 7.59. The van der Waals surface area contributed by atoms with Crippen molar-refractivity contribution in [2.24, 2.45) is 5.92 Å². The van der Waals surface area contributed by atoms with Gasteiger partial charge in [-0.1, -0.05) is 11.6 Å². The van der Waals surface area contributed by atoms with E-state index >= 15 is 0 Å². The highest BCUT2D eigenvalue weighted by Crippen LogP contribution is 2.27. The molecule has 1 aliphatic rings. The van der Waals surface area contributed by atoms with E-state index in [9.17, 15) is 4.79 Å². The highest BCUT2D eigenvalue weighted by molar-refractivity contribution is 6.30. The van der Waals surface area contributed by atoms with Crippen LogP contribution < -0.4 is 15.4 Å². The van der Waals surface area contributed by atoms with Gasteiger partial charge >= 0.3 is 0 Å². The molecular weight excluding hydrogens is 385 g/mol. The number of amides is 1. The molecule has 2 N–H and O–H groups in total. The van der Waals surface area contributed by atoms with Gasteiger partial charge < -0.3 is 15.4 Å². The Morgan fingerprint density at radius 3 is 2.48 bits per heavy atom. The van der Waals surface area contributed by atoms with Crippen LogP contribution in [0.2, 0.25) is 5.02 Å². The number of pyridine rings is 1. The molecule has 136 valence electrons. The fraction of sp³-hybridized carbons (Fsp3) is 0.294. The number of carbonyl (C=O) groups is 1. The molecule has 1 aromatic carbocycles. The first-order valence-corrected chi connectivity index (χ1v) is 7.97. The molecule has 0 unspecified atom stereocenters. The highest BCUT2D eigenvalue weighted by atomic mass is 35.5. The van der Waals surface area contributed by atoms with Crippen LogP contribution in [0.4, 0.5) is 5.69 Å². The number of aromatic nitrogens is 1. The number of halogens is 3. The molecule has 1 amide bonds. The Balaban J connectivity index is 0.00000156. The summed E-state index contributed by atoms with van der Waals surface area (Å²) in [6.45, 7) is 1.26. The molecule has 1 aromatic heterocycles. The lowest BCUT2D eigenvalue weighted by Gasteiger charge is -2.08. The van der Waals surface area contributed by atoms with E-state index in [1.165, 1.54) is 19.0 Å². The highest BCUT2D eigenvalue weighted by Gasteiger charge is 2.20. The summed E-state index contributed by atoms with van der Waals surface area (Å²) in [6.07, 6.45) is 4.08. The summed E-state index contributed by atoms with van der Waals surface area (Å²) in [5, 5.41) is 6.57. The van der Waals surface area contributed by atoms with Crippen molar-refractivity contribution in [1.82, 2.24) is 10.3 Å². The lowest BCUT2D eigenvalue weighted by molar-refractivity contribution is -0.115. The Bertz CT molecular complexity index is 662. The van der Waals surface area contributed by atoms with Crippen LogP contribution in [0.1, 0.15) is 12.8 Å². The number of nitrogens with zero attached hydrogens (tertiary/aromatic N) is 1. The van der Waals surface area contributed by atoms with E-state index in [1.54, 1.807) is 36.4 Å². The van der Waals surface area contributed by atoms with Gasteiger partial charge in [-0.15, -0.1) is 24.8 Å². The molecule has 8 heteroatoms. The summed E-state index contributed by atoms with van der Waals surface area (Å²) in [4.78, 5) is 15.9. The van der Waals surface area contributed by atoms with Gasteiger partial charge in [-0.3, -0.25) is 4.79 Å². The molecule has 1 fully saturated rings. The van der Waals surface area contributed by atoms with Gasteiger partial charge in [0.15, 0.2) is 0 Å². The smallest absolute Gasteiger partial charge is 0.238 e. The molecule has 1 heterocycles. The van der Waals surface area contributed by atoms with E-state index in [0.29, 0.717) is 23.2 Å². The van der Waals surface area contributed by atoms with Gasteiger partial charge in [0, 0.05) is 18.0 Å². The molecule has 0 aliphatic heterocycles. The Morgan fingerprint density at radius 1 is 1.16 bits per heavy atom. The maximum atomic E-state index is 11.8. The maximum absolute atomic E-state index is 11.8. The molecule has 5 nitrogen and oxygen atoms in total. The second kappa shape index (κ2) is 10.5. The van der Waals surface area contributed by atoms with Gasteiger partial charge in [0.25, 0.3) is 0 Å². The minimum absolute atomic E-state index is 0. The Kier molecular flexibility index (Phi) is 9.00. The normalized spacial score (nSPS) is 12.5. The second-order valence-electron chi connectivity index (χ2n) is 5.56. The minimum Gasteiger partial charge on any atom is -0.439 e. The molecular formula is C17H20Cl3N3O2. The lowest BCUT2D eigenvalue weighted by Crippen LogP contribution is -2.29. The molecule has 2 aromatic rings. The summed E-state index contributed by atoms with van der Waals surface area (Å²) < 4.78 is 5.60. The quantitative estimate of drug-likeness (QED) is 0.722. The van der Waals surface area contributed by atoms with Crippen LogP contribution in [0.5, 0.6) is 11.6 Å². The number of nitrogens with one attached hydrogen (secondary N) is 2. The van der Waals surface area contributed by atoms with Crippen molar-refractivity contribution >= 4 is 48.0 Å². The van der Waals surface area contributed by atoms with Crippen LogP contribution >= 0.6 is 36.4 Å². The van der Waals surface area contributed by atoms with E-state index in [1.807, 2.05) is 0 Å². The second-order valence-corrected chi connectivity index (χ2v) is 6.00. The zero-order valence-electron chi connectivity index (χ0n) is 13.4. The van der Waals surface area contributed by atoms with Crippen molar-refractivity contribution in [3.05, 3.63) is 47.6 Å². The number of hydrogen-bond acceptors (Lipinski definition) is 4. The van der Waals surface area contributed by atoms with Crippen molar-refractivity contribution < 1.29 is 9.53 Å². The van der Waals surface area contributed by atoms with Crippen LogP contribution in [-0.2, 0) is 4.79 Å². The predicted octanol–water partition coefficient (Wildman–Crippen LogP) is 4.31.